The number of nitrogen functional groups attached to an aromatic ring is 1. The molecule has 0 bridgehead atoms. The summed E-state index contributed by atoms with van der Waals surface area (Å²) in [5, 5.41) is 0. The van der Waals surface area contributed by atoms with E-state index in [0.29, 0.717) is 11.3 Å². The van der Waals surface area contributed by atoms with Gasteiger partial charge < -0.3 is 15.5 Å². The molecule has 0 unspecified atom stereocenters. The number of hydrogen-bond acceptors (Lipinski definition) is 3. The van der Waals surface area contributed by atoms with Crippen molar-refractivity contribution in [3.63, 3.8) is 0 Å². The number of nitrogens with two attached hydrogens (primary N) is 1. The molecule has 4 heteroatoms. The Morgan fingerprint density at radius 3 is 2.62 bits per heavy atom. The Hall–Kier alpha value is -2.49. The van der Waals surface area contributed by atoms with E-state index in [0.717, 1.165) is 36.8 Å². The van der Waals surface area contributed by atoms with Crippen molar-refractivity contribution in [2.24, 2.45) is 5.92 Å². The number of amides is 1. The highest BCUT2D eigenvalue weighted by molar-refractivity contribution is 6.09. The largest absolute Gasteiger partial charge is 0.399 e. The minimum Gasteiger partial charge on any atom is -0.399 e. The molecule has 4 rings (SSSR count). The lowest BCUT2D eigenvalue weighted by Gasteiger charge is -2.38. The first kappa shape index (κ1) is 15.1. The average Bonchev–Trinajstić information content (AvgIpc) is 3.41. The maximum absolute atomic E-state index is 13.1. The molecule has 0 saturated heterocycles. The molecule has 0 spiro atoms. The monoisotopic (exact) mass is 321 g/mol. The van der Waals surface area contributed by atoms with Crippen LogP contribution in [-0.4, -0.2) is 25.5 Å². The Balaban J connectivity index is 1.68. The predicted molar refractivity (Wildman–Crippen MR) is 98.6 cm³/mol. The molecule has 2 aromatic carbocycles. The summed E-state index contributed by atoms with van der Waals surface area (Å²) >= 11 is 0. The zero-order chi connectivity index (χ0) is 16.7. The molecule has 1 fully saturated rings. The van der Waals surface area contributed by atoms with Gasteiger partial charge >= 0.3 is 0 Å². The van der Waals surface area contributed by atoms with E-state index in [1.807, 2.05) is 36.1 Å². The molecule has 1 saturated carbocycles. The Labute approximate surface area is 142 Å². The van der Waals surface area contributed by atoms with Gasteiger partial charge in [0.05, 0.1) is 11.4 Å². The van der Waals surface area contributed by atoms with Crippen LogP contribution in [0.5, 0.6) is 0 Å². The molecule has 24 heavy (non-hydrogen) atoms. The highest BCUT2D eigenvalue weighted by Crippen LogP contribution is 2.38. The molecule has 1 heterocycles. The van der Waals surface area contributed by atoms with Crippen molar-refractivity contribution in [1.82, 2.24) is 0 Å². The Kier molecular flexibility index (Phi) is 3.68. The number of aryl methyl sites for hydroxylation is 1. The zero-order valence-corrected chi connectivity index (χ0v) is 14.0. The van der Waals surface area contributed by atoms with E-state index >= 15 is 0 Å². The molecule has 0 radical (unpaired) electrons. The summed E-state index contributed by atoms with van der Waals surface area (Å²) in [6.45, 7) is 4.68. The second kappa shape index (κ2) is 5.86. The molecule has 2 aromatic rings. The summed E-state index contributed by atoms with van der Waals surface area (Å²) in [5.74, 6) is 0.870. The third-order valence-corrected chi connectivity index (χ3v) is 5.02. The van der Waals surface area contributed by atoms with Gasteiger partial charge in [-0.3, -0.25) is 4.79 Å². The Morgan fingerprint density at radius 2 is 1.88 bits per heavy atom. The van der Waals surface area contributed by atoms with E-state index in [-0.39, 0.29) is 5.91 Å². The number of benzene rings is 2. The van der Waals surface area contributed by atoms with Crippen LogP contribution in [0.15, 0.2) is 42.5 Å². The average molecular weight is 321 g/mol. The molecule has 2 aliphatic rings. The summed E-state index contributed by atoms with van der Waals surface area (Å²) in [4.78, 5) is 17.5. The van der Waals surface area contributed by atoms with Gasteiger partial charge in [-0.15, -0.1) is 0 Å². The van der Waals surface area contributed by atoms with Crippen molar-refractivity contribution in [1.29, 1.82) is 0 Å². The van der Waals surface area contributed by atoms with E-state index in [1.165, 1.54) is 18.5 Å². The fourth-order valence-electron chi connectivity index (χ4n) is 3.45. The van der Waals surface area contributed by atoms with Gasteiger partial charge in [-0.1, -0.05) is 18.2 Å². The van der Waals surface area contributed by atoms with E-state index in [2.05, 4.69) is 17.0 Å². The molecule has 1 aliphatic heterocycles. The normalized spacial score (nSPS) is 16.9. The first-order chi connectivity index (χ1) is 11.6. The number of carbonyl (C=O) groups is 1. The maximum Gasteiger partial charge on any atom is 0.258 e. The number of carbonyl (C=O) groups excluding carboxylic acids is 1. The fraction of sp³-hybridized carbons (Fsp3) is 0.350. The third kappa shape index (κ3) is 2.73. The van der Waals surface area contributed by atoms with Crippen LogP contribution in [0.2, 0.25) is 0 Å². The second-order valence-electron chi connectivity index (χ2n) is 6.91. The first-order valence-corrected chi connectivity index (χ1v) is 8.65. The summed E-state index contributed by atoms with van der Waals surface area (Å²) < 4.78 is 0. The van der Waals surface area contributed by atoms with Crippen LogP contribution in [0.3, 0.4) is 0 Å². The van der Waals surface area contributed by atoms with Gasteiger partial charge in [-0.2, -0.15) is 0 Å². The van der Waals surface area contributed by atoms with Crippen LogP contribution in [0.4, 0.5) is 17.1 Å². The molecule has 0 atom stereocenters. The van der Waals surface area contributed by atoms with Gasteiger partial charge in [-0.25, -0.2) is 0 Å². The topological polar surface area (TPSA) is 49.6 Å². The highest BCUT2D eigenvalue weighted by Gasteiger charge is 2.31. The fourth-order valence-corrected chi connectivity index (χ4v) is 3.45. The standard InChI is InChI=1S/C20H23N3O/c1-14-6-9-16(21)12-17(14)20(24)23-11-10-22(13-15-7-8-15)18-4-2-3-5-19(18)23/h2-6,9,12,15H,7-8,10-11,13,21H2,1H3. The minimum absolute atomic E-state index is 0.0401. The highest BCUT2D eigenvalue weighted by atomic mass is 16.2. The van der Waals surface area contributed by atoms with Gasteiger partial charge in [0, 0.05) is 30.9 Å². The number of para-hydroxylation sites is 2. The van der Waals surface area contributed by atoms with Crippen molar-refractivity contribution >= 4 is 23.0 Å². The SMILES string of the molecule is Cc1ccc(N)cc1C(=O)N1CCN(CC2CC2)c2ccccc21. The van der Waals surface area contributed by atoms with Crippen LogP contribution >= 0.6 is 0 Å². The first-order valence-electron chi connectivity index (χ1n) is 8.65. The molecule has 1 amide bonds. The van der Waals surface area contributed by atoms with Crippen LogP contribution < -0.4 is 15.5 Å². The third-order valence-electron chi connectivity index (χ3n) is 5.02. The van der Waals surface area contributed by atoms with Crippen molar-refractivity contribution in [3.05, 3.63) is 53.6 Å². The summed E-state index contributed by atoms with van der Waals surface area (Å²) in [6.07, 6.45) is 2.67. The number of nitrogens with zero attached hydrogens (tertiary/aromatic N) is 2. The number of fused-ring (bicyclic) bond motifs is 1. The van der Waals surface area contributed by atoms with Crippen molar-refractivity contribution in [2.75, 3.05) is 35.2 Å². The van der Waals surface area contributed by atoms with Crippen LogP contribution in [-0.2, 0) is 0 Å². The lowest BCUT2D eigenvalue weighted by molar-refractivity contribution is 0.0986. The smallest absolute Gasteiger partial charge is 0.258 e. The quantitative estimate of drug-likeness (QED) is 0.881. The van der Waals surface area contributed by atoms with Gasteiger partial charge in [-0.05, 0) is 55.5 Å². The molecular formula is C20H23N3O. The lowest BCUT2D eigenvalue weighted by Crippen LogP contribution is -2.45. The summed E-state index contributed by atoms with van der Waals surface area (Å²) in [7, 11) is 0. The second-order valence-corrected chi connectivity index (χ2v) is 6.91. The van der Waals surface area contributed by atoms with Crippen molar-refractivity contribution < 1.29 is 4.79 Å². The van der Waals surface area contributed by atoms with Crippen molar-refractivity contribution in [3.8, 4) is 0 Å². The van der Waals surface area contributed by atoms with Gasteiger partial charge in [0.25, 0.3) is 5.91 Å². The van der Waals surface area contributed by atoms with Gasteiger partial charge in [0.1, 0.15) is 0 Å². The number of anilines is 3. The van der Waals surface area contributed by atoms with E-state index in [1.54, 1.807) is 6.07 Å². The van der Waals surface area contributed by atoms with Crippen LogP contribution in [0.1, 0.15) is 28.8 Å². The number of hydrogen-bond donors (Lipinski definition) is 1. The maximum atomic E-state index is 13.1. The van der Waals surface area contributed by atoms with E-state index < -0.39 is 0 Å². The zero-order valence-electron chi connectivity index (χ0n) is 14.0. The Morgan fingerprint density at radius 1 is 1.12 bits per heavy atom. The minimum atomic E-state index is 0.0401. The van der Waals surface area contributed by atoms with Crippen LogP contribution in [0.25, 0.3) is 0 Å². The lowest BCUT2D eigenvalue weighted by atomic mass is 10.0. The number of rotatable bonds is 3. The molecule has 2 N–H and O–H groups in total. The molecule has 0 aromatic heterocycles. The van der Waals surface area contributed by atoms with Gasteiger partial charge in [0.15, 0.2) is 0 Å². The van der Waals surface area contributed by atoms with E-state index in [9.17, 15) is 4.79 Å². The molecule has 124 valence electrons. The van der Waals surface area contributed by atoms with E-state index in [4.69, 9.17) is 5.73 Å². The van der Waals surface area contributed by atoms with Gasteiger partial charge in [0.2, 0.25) is 0 Å². The summed E-state index contributed by atoms with van der Waals surface area (Å²) in [6, 6.07) is 13.8. The predicted octanol–water partition coefficient (Wildman–Crippen LogP) is 3.45. The molecular weight excluding hydrogens is 298 g/mol. The molecule has 1 aliphatic carbocycles. The molecule has 4 nitrogen and oxygen atoms in total. The van der Waals surface area contributed by atoms with Crippen LogP contribution in [0, 0.1) is 12.8 Å². The summed E-state index contributed by atoms with van der Waals surface area (Å²) in [5.41, 5.74) is 10.4. The Bertz CT molecular complexity index is 782. The van der Waals surface area contributed by atoms with Crippen molar-refractivity contribution in [2.45, 2.75) is 19.8 Å².